The van der Waals surface area contributed by atoms with Gasteiger partial charge in [-0.3, -0.25) is 4.98 Å². The molecule has 0 unspecified atom stereocenters. The highest BCUT2D eigenvalue weighted by Gasteiger charge is 2.13. The number of amides is 2. The second kappa shape index (κ2) is 11.6. The number of aromatic nitrogens is 1. The summed E-state index contributed by atoms with van der Waals surface area (Å²) < 4.78 is 16.8. The zero-order chi connectivity index (χ0) is 23.8. The van der Waals surface area contributed by atoms with Crippen LogP contribution in [0.4, 0.5) is 10.5 Å². The molecule has 8 nitrogen and oxygen atoms in total. The number of benzene rings is 2. The molecule has 0 radical (unpaired) electrons. The fraction of sp³-hybridized carbons (Fsp3) is 0.333. The quantitative estimate of drug-likeness (QED) is 0.424. The van der Waals surface area contributed by atoms with Gasteiger partial charge in [-0.1, -0.05) is 25.4 Å². The summed E-state index contributed by atoms with van der Waals surface area (Å²) in [7, 11) is 3.15. The van der Waals surface area contributed by atoms with Crippen molar-refractivity contribution in [2.45, 2.75) is 13.8 Å². The molecule has 0 bridgehead atoms. The molecule has 0 aliphatic carbocycles. The average molecular weight is 473 g/mol. The third kappa shape index (κ3) is 6.18. The summed E-state index contributed by atoms with van der Waals surface area (Å²) in [6.45, 7) is 7.41. The maximum absolute atomic E-state index is 12.2. The minimum atomic E-state index is -0.307. The van der Waals surface area contributed by atoms with E-state index in [1.54, 1.807) is 50.7 Å². The molecule has 3 rings (SSSR count). The van der Waals surface area contributed by atoms with Gasteiger partial charge in [0.1, 0.15) is 11.5 Å². The van der Waals surface area contributed by atoms with Crippen molar-refractivity contribution in [1.29, 1.82) is 0 Å². The van der Waals surface area contributed by atoms with Gasteiger partial charge in [0, 0.05) is 36.8 Å². The van der Waals surface area contributed by atoms with Crippen LogP contribution in [0.5, 0.6) is 23.0 Å². The lowest BCUT2D eigenvalue weighted by atomic mass is 10.2. The Morgan fingerprint density at radius 3 is 2.42 bits per heavy atom. The average Bonchev–Trinajstić information content (AvgIpc) is 2.83. The number of methoxy groups -OCH3 is 2. The highest BCUT2D eigenvalue weighted by molar-refractivity contribution is 6.33. The van der Waals surface area contributed by atoms with Crippen molar-refractivity contribution in [3.05, 3.63) is 47.6 Å². The summed E-state index contributed by atoms with van der Waals surface area (Å²) >= 11 is 6.39. The van der Waals surface area contributed by atoms with Gasteiger partial charge in [-0.2, -0.15) is 0 Å². The van der Waals surface area contributed by atoms with E-state index in [4.69, 9.17) is 25.8 Å². The van der Waals surface area contributed by atoms with E-state index in [9.17, 15) is 4.79 Å². The number of hydrogen-bond acceptors (Lipinski definition) is 6. The Balaban J connectivity index is 1.70. The molecule has 9 heteroatoms. The molecule has 0 aliphatic heterocycles. The normalized spacial score (nSPS) is 10.8. The molecule has 0 fully saturated rings. The number of ether oxygens (including phenoxy) is 3. The smallest absolute Gasteiger partial charge is 0.319 e. The predicted molar refractivity (Wildman–Crippen MR) is 131 cm³/mol. The first-order valence-corrected chi connectivity index (χ1v) is 11.1. The molecule has 1 heterocycles. The maximum Gasteiger partial charge on any atom is 0.319 e. The summed E-state index contributed by atoms with van der Waals surface area (Å²) in [6, 6.07) is 10.2. The highest BCUT2D eigenvalue weighted by Crippen LogP contribution is 2.37. The van der Waals surface area contributed by atoms with Gasteiger partial charge in [0.25, 0.3) is 0 Å². The van der Waals surface area contributed by atoms with Gasteiger partial charge in [-0.25, -0.2) is 4.79 Å². The second-order valence-corrected chi connectivity index (χ2v) is 7.59. The minimum Gasteiger partial charge on any atom is -0.493 e. The largest absolute Gasteiger partial charge is 0.493 e. The number of rotatable bonds is 10. The Bertz CT molecular complexity index is 1110. The summed E-state index contributed by atoms with van der Waals surface area (Å²) in [6.07, 6.45) is 1.66. The molecule has 2 aromatic carbocycles. The van der Waals surface area contributed by atoms with Crippen LogP contribution in [0.15, 0.2) is 42.6 Å². The molecular formula is C24H29ClN4O4. The third-order valence-electron chi connectivity index (χ3n) is 5.23. The van der Waals surface area contributed by atoms with E-state index in [2.05, 4.69) is 34.4 Å². The number of urea groups is 1. The number of likely N-dealkylation sites (N-methyl/N-ethyl adjacent to an activating group) is 1. The van der Waals surface area contributed by atoms with E-state index in [0.717, 1.165) is 25.0 Å². The summed E-state index contributed by atoms with van der Waals surface area (Å²) in [5.41, 5.74) is 1.20. The van der Waals surface area contributed by atoms with Crippen molar-refractivity contribution in [2.24, 2.45) is 0 Å². The van der Waals surface area contributed by atoms with Crippen molar-refractivity contribution < 1.29 is 19.0 Å². The Hall–Kier alpha value is -3.23. The number of anilines is 1. The standard InChI is InChI=1S/C24H29ClN4O4/c1-5-29(6-2)12-11-27-24(30)28-19-8-7-16(13-18(19)25)33-21-9-10-26-20-15-23(32-4)22(31-3)14-17(20)21/h7-10,13-15H,5-6,11-12H2,1-4H3,(H2,27,28,30). The first kappa shape index (κ1) is 24.4. The molecule has 33 heavy (non-hydrogen) atoms. The van der Waals surface area contributed by atoms with Gasteiger partial charge in [0.15, 0.2) is 11.5 Å². The lowest BCUT2D eigenvalue weighted by molar-refractivity contribution is 0.248. The van der Waals surface area contributed by atoms with Gasteiger partial charge < -0.3 is 29.7 Å². The van der Waals surface area contributed by atoms with Crippen LogP contribution in [-0.2, 0) is 0 Å². The minimum absolute atomic E-state index is 0.307. The van der Waals surface area contributed by atoms with E-state index < -0.39 is 0 Å². The fourth-order valence-corrected chi connectivity index (χ4v) is 3.58. The number of nitrogens with zero attached hydrogens (tertiary/aromatic N) is 2. The van der Waals surface area contributed by atoms with Crippen LogP contribution in [-0.4, -0.2) is 56.3 Å². The first-order chi connectivity index (χ1) is 16.0. The topological polar surface area (TPSA) is 85.0 Å². The molecule has 0 aliphatic rings. The molecule has 0 saturated heterocycles. The number of carbonyl (C=O) groups is 1. The van der Waals surface area contributed by atoms with E-state index in [1.165, 1.54) is 0 Å². The SMILES string of the molecule is CCN(CC)CCNC(=O)Nc1ccc(Oc2ccnc3cc(OC)c(OC)cc23)cc1Cl. The zero-order valence-corrected chi connectivity index (χ0v) is 20.0. The number of halogens is 1. The van der Waals surface area contributed by atoms with Crippen LogP contribution in [0.2, 0.25) is 5.02 Å². The predicted octanol–water partition coefficient (Wildman–Crippen LogP) is 5.16. The van der Waals surface area contributed by atoms with E-state index in [-0.39, 0.29) is 6.03 Å². The van der Waals surface area contributed by atoms with Crippen molar-refractivity contribution in [3.63, 3.8) is 0 Å². The van der Waals surface area contributed by atoms with E-state index in [0.29, 0.717) is 45.8 Å². The number of fused-ring (bicyclic) bond motifs is 1. The number of pyridine rings is 1. The van der Waals surface area contributed by atoms with Crippen LogP contribution in [0.3, 0.4) is 0 Å². The summed E-state index contributed by atoms with van der Waals surface area (Å²) in [4.78, 5) is 18.8. The lowest BCUT2D eigenvalue weighted by Crippen LogP contribution is -2.36. The van der Waals surface area contributed by atoms with Gasteiger partial charge in [0.05, 0.1) is 30.4 Å². The summed E-state index contributed by atoms with van der Waals surface area (Å²) in [5, 5.41) is 6.74. The molecule has 0 spiro atoms. The molecule has 3 aromatic rings. The van der Waals surface area contributed by atoms with Crippen molar-refractivity contribution in [2.75, 3.05) is 45.7 Å². The second-order valence-electron chi connectivity index (χ2n) is 7.18. The molecule has 2 amide bonds. The molecule has 0 atom stereocenters. The van der Waals surface area contributed by atoms with Crippen LogP contribution < -0.4 is 24.8 Å². The highest BCUT2D eigenvalue weighted by atomic mass is 35.5. The molecule has 0 saturated carbocycles. The van der Waals surface area contributed by atoms with Crippen LogP contribution >= 0.6 is 11.6 Å². The number of nitrogens with one attached hydrogen (secondary N) is 2. The van der Waals surface area contributed by atoms with Crippen LogP contribution in [0.1, 0.15) is 13.8 Å². The van der Waals surface area contributed by atoms with Gasteiger partial charge in [0.2, 0.25) is 0 Å². The fourth-order valence-electron chi connectivity index (χ4n) is 3.36. The van der Waals surface area contributed by atoms with Crippen LogP contribution in [0, 0.1) is 0 Å². The van der Waals surface area contributed by atoms with Gasteiger partial charge in [-0.15, -0.1) is 0 Å². The van der Waals surface area contributed by atoms with Crippen molar-refractivity contribution in [3.8, 4) is 23.0 Å². The maximum atomic E-state index is 12.2. The number of hydrogen-bond donors (Lipinski definition) is 2. The zero-order valence-electron chi connectivity index (χ0n) is 19.3. The van der Waals surface area contributed by atoms with Crippen molar-refractivity contribution in [1.82, 2.24) is 15.2 Å². The van der Waals surface area contributed by atoms with Gasteiger partial charge >= 0.3 is 6.03 Å². The Labute approximate surface area is 198 Å². The Kier molecular flexibility index (Phi) is 8.57. The Morgan fingerprint density at radius 2 is 1.76 bits per heavy atom. The van der Waals surface area contributed by atoms with E-state index in [1.807, 2.05) is 6.07 Å². The molecule has 1 aromatic heterocycles. The molecule has 2 N–H and O–H groups in total. The number of carbonyl (C=O) groups excluding carboxylic acids is 1. The van der Waals surface area contributed by atoms with Crippen molar-refractivity contribution >= 4 is 34.2 Å². The third-order valence-corrected chi connectivity index (χ3v) is 5.54. The van der Waals surface area contributed by atoms with E-state index >= 15 is 0 Å². The summed E-state index contributed by atoms with van der Waals surface area (Å²) in [5.74, 6) is 2.28. The first-order valence-electron chi connectivity index (χ1n) is 10.7. The monoisotopic (exact) mass is 472 g/mol. The van der Waals surface area contributed by atoms with Gasteiger partial charge in [-0.05, 0) is 37.4 Å². The lowest BCUT2D eigenvalue weighted by Gasteiger charge is -2.18. The van der Waals surface area contributed by atoms with Crippen LogP contribution in [0.25, 0.3) is 10.9 Å². The Morgan fingerprint density at radius 1 is 1.03 bits per heavy atom. The molecular weight excluding hydrogens is 444 g/mol. The molecule has 176 valence electrons.